The lowest BCUT2D eigenvalue weighted by atomic mass is 10.0. The maximum atomic E-state index is 12.3. The Kier molecular flexibility index (Phi) is 7.39. The second-order valence-electron chi connectivity index (χ2n) is 5.19. The molecule has 1 aromatic carbocycles. The second-order valence-corrected chi connectivity index (χ2v) is 5.19. The van der Waals surface area contributed by atoms with Crippen LogP contribution in [0.2, 0.25) is 0 Å². The Bertz CT molecular complexity index is 501. The van der Waals surface area contributed by atoms with E-state index in [2.05, 4.69) is 5.32 Å². The number of hydrogen-bond donors (Lipinski definition) is 2. The fourth-order valence-electron chi connectivity index (χ4n) is 1.77. The highest BCUT2D eigenvalue weighted by Gasteiger charge is 2.17. The highest BCUT2D eigenvalue weighted by Crippen LogP contribution is 2.14. The van der Waals surface area contributed by atoms with E-state index in [0.717, 1.165) is 0 Å². The number of aliphatic carboxylic acids is 1. The van der Waals surface area contributed by atoms with Gasteiger partial charge in [0.15, 0.2) is 6.61 Å². The average molecular weight is 309 g/mol. The van der Waals surface area contributed by atoms with Crippen molar-refractivity contribution < 1.29 is 24.2 Å². The van der Waals surface area contributed by atoms with Crippen LogP contribution in [-0.2, 0) is 9.53 Å². The molecule has 0 aliphatic rings. The van der Waals surface area contributed by atoms with Crippen LogP contribution in [-0.4, -0.2) is 42.8 Å². The Morgan fingerprint density at radius 3 is 2.64 bits per heavy atom. The summed E-state index contributed by atoms with van der Waals surface area (Å²) in [5.74, 6) is -0.714. The monoisotopic (exact) mass is 309 g/mol. The van der Waals surface area contributed by atoms with Gasteiger partial charge in [0.25, 0.3) is 5.91 Å². The second kappa shape index (κ2) is 9.04. The largest absolute Gasteiger partial charge is 0.482 e. The Morgan fingerprint density at radius 1 is 1.32 bits per heavy atom. The van der Waals surface area contributed by atoms with Gasteiger partial charge >= 0.3 is 5.97 Å². The van der Waals surface area contributed by atoms with Crippen LogP contribution < -0.4 is 10.1 Å². The molecular weight excluding hydrogens is 286 g/mol. The Balaban J connectivity index is 2.70. The molecule has 1 amide bonds. The summed E-state index contributed by atoms with van der Waals surface area (Å²) in [7, 11) is 0. The molecule has 1 unspecified atom stereocenters. The van der Waals surface area contributed by atoms with Crippen molar-refractivity contribution in [1.29, 1.82) is 0 Å². The van der Waals surface area contributed by atoms with E-state index in [-0.39, 0.29) is 17.9 Å². The molecule has 6 nitrogen and oxygen atoms in total. The van der Waals surface area contributed by atoms with Crippen molar-refractivity contribution in [2.24, 2.45) is 5.92 Å². The van der Waals surface area contributed by atoms with E-state index in [9.17, 15) is 9.59 Å². The van der Waals surface area contributed by atoms with Crippen molar-refractivity contribution in [3.8, 4) is 5.75 Å². The first-order chi connectivity index (χ1) is 10.4. The van der Waals surface area contributed by atoms with Crippen LogP contribution in [0.1, 0.15) is 31.1 Å². The van der Waals surface area contributed by atoms with Crippen LogP contribution in [0.15, 0.2) is 24.3 Å². The number of ether oxygens (including phenoxy) is 2. The number of carboxylic acids is 1. The number of nitrogens with one attached hydrogen (secondary N) is 1. The van der Waals surface area contributed by atoms with E-state index >= 15 is 0 Å². The molecule has 1 rings (SSSR count). The molecule has 122 valence electrons. The topological polar surface area (TPSA) is 84.9 Å². The minimum atomic E-state index is -1.06. The molecule has 0 aliphatic heterocycles. The molecule has 0 aromatic heterocycles. The molecule has 0 saturated heterocycles. The molecule has 1 aromatic rings. The summed E-state index contributed by atoms with van der Waals surface area (Å²) in [6.45, 7) is 6.53. The first-order valence-electron chi connectivity index (χ1n) is 7.27. The van der Waals surface area contributed by atoms with Crippen LogP contribution in [0.4, 0.5) is 0 Å². The minimum absolute atomic E-state index is 0.0870. The van der Waals surface area contributed by atoms with E-state index in [1.54, 1.807) is 18.2 Å². The molecule has 2 N–H and O–H groups in total. The third-order valence-electron chi connectivity index (χ3n) is 3.08. The summed E-state index contributed by atoms with van der Waals surface area (Å²) in [6, 6.07) is 6.35. The van der Waals surface area contributed by atoms with E-state index in [1.807, 2.05) is 20.8 Å². The number of rotatable bonds is 9. The molecule has 0 bridgehead atoms. The van der Waals surface area contributed by atoms with E-state index in [0.29, 0.717) is 24.5 Å². The maximum absolute atomic E-state index is 12.3. The highest BCUT2D eigenvalue weighted by molar-refractivity contribution is 5.94. The predicted molar refractivity (Wildman–Crippen MR) is 82.2 cm³/mol. The van der Waals surface area contributed by atoms with Gasteiger partial charge in [0, 0.05) is 12.2 Å². The summed E-state index contributed by atoms with van der Waals surface area (Å²) < 4.78 is 10.4. The number of carboxylic acid groups (broad SMARTS) is 1. The van der Waals surface area contributed by atoms with Crippen molar-refractivity contribution in [3.05, 3.63) is 29.8 Å². The van der Waals surface area contributed by atoms with Crippen LogP contribution in [0.3, 0.4) is 0 Å². The first kappa shape index (κ1) is 18.0. The summed E-state index contributed by atoms with van der Waals surface area (Å²) in [5.41, 5.74) is 0.421. The molecule has 0 radical (unpaired) electrons. The molecule has 22 heavy (non-hydrogen) atoms. The number of carbonyl (C=O) groups excluding carboxylic acids is 1. The fourth-order valence-corrected chi connectivity index (χ4v) is 1.77. The van der Waals surface area contributed by atoms with Gasteiger partial charge in [-0.05, 0) is 31.0 Å². The Hall–Kier alpha value is -2.08. The van der Waals surface area contributed by atoms with Gasteiger partial charge < -0.3 is 19.9 Å². The zero-order chi connectivity index (χ0) is 16.5. The van der Waals surface area contributed by atoms with Crippen molar-refractivity contribution in [1.82, 2.24) is 5.32 Å². The molecule has 0 spiro atoms. The lowest BCUT2D eigenvalue weighted by Crippen LogP contribution is -2.41. The third-order valence-corrected chi connectivity index (χ3v) is 3.08. The predicted octanol–water partition coefficient (Wildman–Crippen LogP) is 1.94. The van der Waals surface area contributed by atoms with Crippen molar-refractivity contribution in [3.63, 3.8) is 0 Å². The molecule has 0 saturated carbocycles. The zero-order valence-corrected chi connectivity index (χ0v) is 13.2. The quantitative estimate of drug-likeness (QED) is 0.728. The van der Waals surface area contributed by atoms with Gasteiger partial charge in [-0.1, -0.05) is 19.9 Å². The molecular formula is C16H23NO5. The van der Waals surface area contributed by atoms with E-state index in [1.165, 1.54) is 6.07 Å². The van der Waals surface area contributed by atoms with Gasteiger partial charge in [-0.2, -0.15) is 0 Å². The smallest absolute Gasteiger partial charge is 0.341 e. The molecule has 6 heteroatoms. The lowest BCUT2D eigenvalue weighted by molar-refractivity contribution is -0.139. The van der Waals surface area contributed by atoms with Crippen LogP contribution in [0.5, 0.6) is 5.75 Å². The van der Waals surface area contributed by atoms with E-state index < -0.39 is 12.6 Å². The SMILES string of the molecule is CCOCC(NC(=O)c1cccc(OCC(=O)O)c1)C(C)C. The summed E-state index contributed by atoms with van der Waals surface area (Å²) in [6.07, 6.45) is 0. The molecule has 1 atom stereocenters. The first-order valence-corrected chi connectivity index (χ1v) is 7.27. The minimum Gasteiger partial charge on any atom is -0.482 e. The van der Waals surface area contributed by atoms with Crippen LogP contribution >= 0.6 is 0 Å². The number of amides is 1. The molecule has 0 fully saturated rings. The van der Waals surface area contributed by atoms with Crippen molar-refractivity contribution in [2.75, 3.05) is 19.8 Å². The highest BCUT2D eigenvalue weighted by atomic mass is 16.5. The lowest BCUT2D eigenvalue weighted by Gasteiger charge is -2.22. The van der Waals surface area contributed by atoms with Crippen LogP contribution in [0.25, 0.3) is 0 Å². The van der Waals surface area contributed by atoms with Crippen molar-refractivity contribution in [2.45, 2.75) is 26.8 Å². The number of carbonyl (C=O) groups is 2. The zero-order valence-electron chi connectivity index (χ0n) is 13.2. The van der Waals surface area contributed by atoms with Gasteiger partial charge in [-0.15, -0.1) is 0 Å². The Labute approximate surface area is 130 Å². The molecule has 0 aliphatic carbocycles. The van der Waals surface area contributed by atoms with Crippen LogP contribution in [0, 0.1) is 5.92 Å². The van der Waals surface area contributed by atoms with Gasteiger partial charge in [-0.3, -0.25) is 4.79 Å². The van der Waals surface area contributed by atoms with Crippen molar-refractivity contribution >= 4 is 11.9 Å². The average Bonchev–Trinajstić information content (AvgIpc) is 2.49. The van der Waals surface area contributed by atoms with Gasteiger partial charge in [0.1, 0.15) is 5.75 Å². The summed E-state index contributed by atoms with van der Waals surface area (Å²) in [5, 5.41) is 11.5. The summed E-state index contributed by atoms with van der Waals surface area (Å²) in [4.78, 5) is 22.8. The van der Waals surface area contributed by atoms with Gasteiger partial charge in [0.05, 0.1) is 12.6 Å². The fraction of sp³-hybridized carbons (Fsp3) is 0.500. The summed E-state index contributed by atoms with van der Waals surface area (Å²) >= 11 is 0. The standard InChI is InChI=1S/C16H23NO5/c1-4-21-9-14(11(2)3)17-16(20)12-6-5-7-13(8-12)22-10-15(18)19/h5-8,11,14H,4,9-10H2,1-3H3,(H,17,20)(H,18,19). The molecule has 0 heterocycles. The maximum Gasteiger partial charge on any atom is 0.341 e. The Morgan fingerprint density at radius 2 is 2.05 bits per heavy atom. The number of benzene rings is 1. The third kappa shape index (κ3) is 6.13. The van der Waals surface area contributed by atoms with Gasteiger partial charge in [0.2, 0.25) is 0 Å². The normalized spacial score (nSPS) is 12.0. The van der Waals surface area contributed by atoms with E-state index in [4.69, 9.17) is 14.6 Å². The number of hydrogen-bond acceptors (Lipinski definition) is 4. The van der Waals surface area contributed by atoms with Gasteiger partial charge in [-0.25, -0.2) is 4.79 Å².